The Morgan fingerprint density at radius 2 is 1.62 bits per heavy atom. The number of aryl methyl sites for hydroxylation is 2. The molecule has 0 aliphatic carbocycles. The summed E-state index contributed by atoms with van der Waals surface area (Å²) in [5.74, 6) is -0.563. The molecule has 4 heteroatoms. The Labute approximate surface area is 143 Å². The molecule has 0 saturated heterocycles. The molecule has 0 unspecified atom stereocenters. The molecule has 4 nitrogen and oxygen atoms in total. The van der Waals surface area contributed by atoms with Gasteiger partial charge in [-0.3, -0.25) is 9.59 Å². The van der Waals surface area contributed by atoms with Gasteiger partial charge in [-0.1, -0.05) is 32.0 Å². The maximum absolute atomic E-state index is 12.6. The monoisotopic (exact) mass is 324 g/mol. The molecule has 0 heterocycles. The average Bonchev–Trinajstić information content (AvgIpc) is 2.53. The van der Waals surface area contributed by atoms with Crippen molar-refractivity contribution in [2.75, 3.05) is 5.32 Å². The van der Waals surface area contributed by atoms with Crippen LogP contribution in [0.4, 0.5) is 5.69 Å². The Kier molecular flexibility index (Phi) is 5.39. The number of nitrogens with one attached hydrogen (secondary N) is 1. The summed E-state index contributed by atoms with van der Waals surface area (Å²) in [7, 11) is 0. The maximum atomic E-state index is 12.6. The largest absolute Gasteiger partial charge is 0.366 e. The molecule has 3 N–H and O–H groups in total. The fourth-order valence-corrected chi connectivity index (χ4v) is 3.19. The van der Waals surface area contributed by atoms with Crippen molar-refractivity contribution in [1.82, 2.24) is 0 Å². The van der Waals surface area contributed by atoms with Gasteiger partial charge in [0.2, 0.25) is 5.91 Å². The number of anilines is 1. The van der Waals surface area contributed by atoms with Crippen LogP contribution in [0.25, 0.3) is 0 Å². The van der Waals surface area contributed by atoms with Crippen LogP contribution in [0.5, 0.6) is 0 Å². The summed E-state index contributed by atoms with van der Waals surface area (Å²) in [6.45, 7) is 7.77. The van der Waals surface area contributed by atoms with E-state index in [4.69, 9.17) is 5.73 Å². The van der Waals surface area contributed by atoms with E-state index >= 15 is 0 Å². The van der Waals surface area contributed by atoms with E-state index in [0.29, 0.717) is 24.0 Å². The van der Waals surface area contributed by atoms with Gasteiger partial charge in [-0.25, -0.2) is 0 Å². The lowest BCUT2D eigenvalue weighted by Crippen LogP contribution is -2.20. The van der Waals surface area contributed by atoms with Crippen molar-refractivity contribution in [2.45, 2.75) is 40.5 Å². The quantitative estimate of drug-likeness (QED) is 0.878. The van der Waals surface area contributed by atoms with E-state index in [1.807, 2.05) is 58.0 Å². The van der Waals surface area contributed by atoms with Gasteiger partial charge < -0.3 is 11.1 Å². The Morgan fingerprint density at radius 3 is 2.17 bits per heavy atom. The third-order valence-corrected chi connectivity index (χ3v) is 4.34. The number of hydrogen-bond donors (Lipinski definition) is 2. The van der Waals surface area contributed by atoms with Gasteiger partial charge in [-0.15, -0.1) is 0 Å². The Balaban J connectivity index is 2.51. The summed E-state index contributed by atoms with van der Waals surface area (Å²) >= 11 is 0. The number of carbonyl (C=O) groups excluding carboxylic acids is 2. The molecule has 0 radical (unpaired) electrons. The zero-order chi connectivity index (χ0) is 17.9. The lowest BCUT2D eigenvalue weighted by molar-refractivity contribution is 0.0997. The molecule has 0 fully saturated rings. The minimum absolute atomic E-state index is 0.143. The van der Waals surface area contributed by atoms with Gasteiger partial charge in [0.15, 0.2) is 0 Å². The van der Waals surface area contributed by atoms with Crippen molar-refractivity contribution in [3.05, 3.63) is 63.7 Å². The second-order valence-corrected chi connectivity index (χ2v) is 5.91. The third-order valence-electron chi connectivity index (χ3n) is 4.34. The zero-order valence-electron chi connectivity index (χ0n) is 14.7. The first-order chi connectivity index (χ1) is 11.4. The highest BCUT2D eigenvalue weighted by Crippen LogP contribution is 2.29. The van der Waals surface area contributed by atoms with Gasteiger partial charge >= 0.3 is 0 Å². The Bertz CT molecular complexity index is 794. The predicted molar refractivity (Wildman–Crippen MR) is 97.6 cm³/mol. The third kappa shape index (κ3) is 3.32. The van der Waals surface area contributed by atoms with E-state index in [0.717, 1.165) is 27.9 Å². The molecule has 2 aromatic rings. The molecule has 2 amide bonds. The topological polar surface area (TPSA) is 72.2 Å². The van der Waals surface area contributed by atoms with Gasteiger partial charge in [-0.2, -0.15) is 0 Å². The zero-order valence-corrected chi connectivity index (χ0v) is 14.7. The fourth-order valence-electron chi connectivity index (χ4n) is 3.19. The second kappa shape index (κ2) is 7.30. The first-order valence-electron chi connectivity index (χ1n) is 8.22. The van der Waals surface area contributed by atoms with Gasteiger partial charge in [0, 0.05) is 16.8 Å². The van der Waals surface area contributed by atoms with E-state index in [9.17, 15) is 9.59 Å². The normalized spacial score (nSPS) is 10.5. The van der Waals surface area contributed by atoms with Gasteiger partial charge in [0.05, 0.1) is 0 Å². The summed E-state index contributed by atoms with van der Waals surface area (Å²) in [4.78, 5) is 24.4. The van der Waals surface area contributed by atoms with Crippen molar-refractivity contribution >= 4 is 17.5 Å². The van der Waals surface area contributed by atoms with Crippen LogP contribution in [0, 0.1) is 13.8 Å². The summed E-state index contributed by atoms with van der Waals surface area (Å²) in [5, 5.41) is 3.01. The molecule has 0 atom stereocenters. The molecular weight excluding hydrogens is 300 g/mol. The molecule has 0 spiro atoms. The van der Waals surface area contributed by atoms with E-state index in [-0.39, 0.29) is 5.91 Å². The molecule has 0 bridgehead atoms. The van der Waals surface area contributed by atoms with Crippen LogP contribution in [-0.2, 0) is 12.8 Å². The smallest absolute Gasteiger partial charge is 0.255 e. The van der Waals surface area contributed by atoms with Crippen LogP contribution >= 0.6 is 0 Å². The van der Waals surface area contributed by atoms with Crippen LogP contribution in [0.2, 0.25) is 0 Å². The van der Waals surface area contributed by atoms with Crippen molar-refractivity contribution in [2.24, 2.45) is 5.73 Å². The molecule has 0 aromatic heterocycles. The molecule has 0 aliphatic rings. The fraction of sp³-hybridized carbons (Fsp3) is 0.300. The molecular formula is C20H24N2O2. The van der Waals surface area contributed by atoms with Crippen molar-refractivity contribution < 1.29 is 9.59 Å². The molecule has 0 aliphatic heterocycles. The molecule has 24 heavy (non-hydrogen) atoms. The number of nitrogens with two attached hydrogens (primary N) is 1. The Morgan fingerprint density at radius 1 is 1.00 bits per heavy atom. The van der Waals surface area contributed by atoms with E-state index in [1.165, 1.54) is 0 Å². The first kappa shape index (κ1) is 17.7. The van der Waals surface area contributed by atoms with E-state index in [2.05, 4.69) is 5.32 Å². The lowest BCUT2D eigenvalue weighted by Gasteiger charge is -2.19. The number of benzene rings is 2. The minimum Gasteiger partial charge on any atom is -0.366 e. The SMILES string of the molecule is CCc1c(NC(=O)c2ccccc2C)cc(C)c(C(N)=O)c1CC. The number of amides is 2. The number of primary amides is 1. The molecule has 2 rings (SSSR count). The summed E-state index contributed by atoms with van der Waals surface area (Å²) in [5.41, 5.74) is 11.1. The van der Waals surface area contributed by atoms with Crippen molar-refractivity contribution in [3.63, 3.8) is 0 Å². The van der Waals surface area contributed by atoms with Gasteiger partial charge in [0.25, 0.3) is 5.91 Å². The average molecular weight is 324 g/mol. The number of rotatable bonds is 5. The van der Waals surface area contributed by atoms with Crippen LogP contribution in [0.1, 0.15) is 56.8 Å². The highest BCUT2D eigenvalue weighted by atomic mass is 16.2. The highest BCUT2D eigenvalue weighted by molar-refractivity contribution is 6.06. The first-order valence-corrected chi connectivity index (χ1v) is 8.22. The minimum atomic E-state index is -0.421. The lowest BCUT2D eigenvalue weighted by atomic mass is 9.91. The van der Waals surface area contributed by atoms with Crippen molar-refractivity contribution in [3.8, 4) is 0 Å². The van der Waals surface area contributed by atoms with Gasteiger partial charge in [-0.05, 0) is 61.1 Å². The number of carbonyl (C=O) groups is 2. The van der Waals surface area contributed by atoms with Crippen molar-refractivity contribution in [1.29, 1.82) is 0 Å². The maximum Gasteiger partial charge on any atom is 0.255 e. The molecule has 2 aromatic carbocycles. The number of hydrogen-bond acceptors (Lipinski definition) is 2. The molecule has 126 valence electrons. The van der Waals surface area contributed by atoms with Crippen LogP contribution in [0.3, 0.4) is 0 Å². The van der Waals surface area contributed by atoms with Crippen LogP contribution < -0.4 is 11.1 Å². The summed E-state index contributed by atoms with van der Waals surface area (Å²) in [6, 6.07) is 9.32. The summed E-state index contributed by atoms with van der Waals surface area (Å²) < 4.78 is 0. The summed E-state index contributed by atoms with van der Waals surface area (Å²) in [6.07, 6.45) is 1.41. The van der Waals surface area contributed by atoms with E-state index in [1.54, 1.807) is 0 Å². The van der Waals surface area contributed by atoms with Crippen LogP contribution in [0.15, 0.2) is 30.3 Å². The standard InChI is InChI=1S/C20H24N2O2/c1-5-14-15(6-2)18(19(21)23)13(4)11-17(14)22-20(24)16-10-8-7-9-12(16)3/h7-11H,5-6H2,1-4H3,(H2,21,23)(H,22,24). The van der Waals surface area contributed by atoms with E-state index < -0.39 is 5.91 Å². The highest BCUT2D eigenvalue weighted by Gasteiger charge is 2.19. The Hall–Kier alpha value is -2.62. The second-order valence-electron chi connectivity index (χ2n) is 5.91. The van der Waals surface area contributed by atoms with Crippen LogP contribution in [-0.4, -0.2) is 11.8 Å². The predicted octanol–water partition coefficient (Wildman–Crippen LogP) is 3.78. The molecule has 0 saturated carbocycles. The van der Waals surface area contributed by atoms with Gasteiger partial charge in [0.1, 0.15) is 0 Å².